The number of aromatic nitrogens is 2. The van der Waals surface area contributed by atoms with Gasteiger partial charge >= 0.3 is 0 Å². The summed E-state index contributed by atoms with van der Waals surface area (Å²) >= 11 is 0. The maximum Gasteiger partial charge on any atom is 0.222 e. The summed E-state index contributed by atoms with van der Waals surface area (Å²) in [7, 11) is 2.09. The lowest BCUT2D eigenvalue weighted by Crippen LogP contribution is -2.32. The zero-order chi connectivity index (χ0) is 15.1. The van der Waals surface area contributed by atoms with Gasteiger partial charge in [-0.05, 0) is 30.3 Å². The van der Waals surface area contributed by atoms with Crippen LogP contribution in [0.25, 0.3) is 32.9 Å². The van der Waals surface area contributed by atoms with Crippen LogP contribution in [0.2, 0.25) is 0 Å². The third-order valence-corrected chi connectivity index (χ3v) is 4.12. The summed E-state index contributed by atoms with van der Waals surface area (Å²) in [5.74, 6) is 0. The second-order valence-corrected chi connectivity index (χ2v) is 5.47. The number of pyridine rings is 2. The summed E-state index contributed by atoms with van der Waals surface area (Å²) in [4.78, 5) is 4.27. The fraction of sp³-hybridized carbons (Fsp3) is 0.0526. The van der Waals surface area contributed by atoms with Crippen LogP contribution in [0.3, 0.4) is 0 Å². The summed E-state index contributed by atoms with van der Waals surface area (Å²) in [5.41, 5.74) is 10.2. The molecular weight excluding hydrogens is 270 g/mol. The molecule has 0 aliphatic heterocycles. The number of fused-ring (bicyclic) bond motifs is 3. The summed E-state index contributed by atoms with van der Waals surface area (Å²) in [5, 5.41) is 3.59. The lowest BCUT2D eigenvalue weighted by molar-refractivity contribution is -0.632. The van der Waals surface area contributed by atoms with Crippen LogP contribution in [0.5, 0.6) is 0 Å². The second-order valence-electron chi connectivity index (χ2n) is 5.47. The number of nitrogens with zero attached hydrogens (tertiary/aromatic N) is 2. The number of aryl methyl sites for hydroxylation is 1. The van der Waals surface area contributed by atoms with E-state index in [1.165, 1.54) is 16.3 Å². The van der Waals surface area contributed by atoms with E-state index in [9.17, 15) is 0 Å². The van der Waals surface area contributed by atoms with Gasteiger partial charge in [0.2, 0.25) is 11.2 Å². The van der Waals surface area contributed by atoms with Crippen LogP contribution < -0.4 is 10.3 Å². The fourth-order valence-electron chi connectivity index (χ4n) is 3.14. The van der Waals surface area contributed by atoms with Crippen LogP contribution in [0.15, 0.2) is 67.0 Å². The van der Waals surface area contributed by atoms with Crippen molar-refractivity contribution in [2.75, 3.05) is 5.73 Å². The van der Waals surface area contributed by atoms with Crippen LogP contribution >= 0.6 is 0 Å². The fourth-order valence-corrected chi connectivity index (χ4v) is 3.14. The molecule has 22 heavy (non-hydrogen) atoms. The van der Waals surface area contributed by atoms with Crippen molar-refractivity contribution < 1.29 is 4.57 Å². The van der Waals surface area contributed by atoms with Gasteiger partial charge in [-0.25, -0.2) is 0 Å². The first kappa shape index (κ1) is 12.8. The molecule has 3 heteroatoms. The highest BCUT2D eigenvalue weighted by molar-refractivity contribution is 6.09. The van der Waals surface area contributed by atoms with Gasteiger partial charge in [0.05, 0.1) is 16.3 Å². The number of rotatable bonds is 1. The van der Waals surface area contributed by atoms with Crippen molar-refractivity contribution in [2.24, 2.45) is 7.05 Å². The van der Waals surface area contributed by atoms with E-state index < -0.39 is 0 Å². The van der Waals surface area contributed by atoms with Crippen LogP contribution in [-0.2, 0) is 7.05 Å². The number of hydrogen-bond donors (Lipinski definition) is 1. The zero-order valence-electron chi connectivity index (χ0n) is 12.3. The first-order valence-electron chi connectivity index (χ1n) is 7.26. The number of nitrogens with two attached hydrogens (primary N) is 1. The van der Waals surface area contributed by atoms with Gasteiger partial charge in [0.1, 0.15) is 7.05 Å². The van der Waals surface area contributed by atoms with Crippen molar-refractivity contribution in [1.29, 1.82) is 0 Å². The molecule has 0 radical (unpaired) electrons. The monoisotopic (exact) mass is 286 g/mol. The van der Waals surface area contributed by atoms with Gasteiger partial charge < -0.3 is 5.73 Å². The lowest BCUT2D eigenvalue weighted by Gasteiger charge is -2.09. The lowest BCUT2D eigenvalue weighted by atomic mass is 9.99. The Morgan fingerprint density at radius 1 is 0.909 bits per heavy atom. The molecule has 3 nitrogen and oxygen atoms in total. The quantitative estimate of drug-likeness (QED) is 0.331. The standard InChI is InChI=1S/C19H16N3/c1-22-18-7-3-2-6-16(18)15-9-8-14(20)11-17(15)19(22)13-5-4-10-21-12-13/h2-12H,20H2,1H3/q+1. The molecule has 0 aliphatic carbocycles. The van der Waals surface area contributed by atoms with Crippen LogP contribution in [0, 0.1) is 0 Å². The van der Waals surface area contributed by atoms with Crippen molar-refractivity contribution in [3.8, 4) is 11.3 Å². The molecule has 0 amide bonds. The van der Waals surface area contributed by atoms with Gasteiger partial charge in [0, 0.05) is 29.5 Å². The highest BCUT2D eigenvalue weighted by Crippen LogP contribution is 2.31. The Bertz CT molecular complexity index is 992. The molecule has 2 heterocycles. The minimum absolute atomic E-state index is 0.771. The average Bonchev–Trinajstić information content (AvgIpc) is 2.56. The molecule has 0 saturated carbocycles. The van der Waals surface area contributed by atoms with Crippen molar-refractivity contribution in [3.05, 3.63) is 67.0 Å². The first-order chi connectivity index (χ1) is 10.8. The molecule has 0 fully saturated rings. The number of anilines is 1. The number of hydrogen-bond acceptors (Lipinski definition) is 2. The van der Waals surface area contributed by atoms with Crippen LogP contribution in [0.1, 0.15) is 0 Å². The number of benzene rings is 2. The highest BCUT2D eigenvalue weighted by Gasteiger charge is 2.20. The topological polar surface area (TPSA) is 42.8 Å². The van der Waals surface area contributed by atoms with E-state index >= 15 is 0 Å². The van der Waals surface area contributed by atoms with Gasteiger partial charge in [0.15, 0.2) is 0 Å². The molecule has 0 atom stereocenters. The second kappa shape index (κ2) is 4.81. The first-order valence-corrected chi connectivity index (χ1v) is 7.26. The smallest absolute Gasteiger partial charge is 0.222 e. The van der Waals surface area contributed by atoms with Gasteiger partial charge in [0.25, 0.3) is 0 Å². The Morgan fingerprint density at radius 3 is 2.59 bits per heavy atom. The molecule has 106 valence electrons. The molecular formula is C19H16N3+. The number of para-hydroxylation sites is 1. The molecule has 2 N–H and O–H groups in total. The Balaban J connectivity index is 2.26. The molecule has 0 aliphatic rings. The predicted molar refractivity (Wildman–Crippen MR) is 90.3 cm³/mol. The summed E-state index contributed by atoms with van der Waals surface area (Å²) in [6.07, 6.45) is 3.69. The predicted octanol–water partition coefficient (Wildman–Crippen LogP) is 3.46. The van der Waals surface area contributed by atoms with Crippen molar-refractivity contribution in [2.45, 2.75) is 0 Å². The average molecular weight is 286 g/mol. The molecule has 0 unspecified atom stereocenters. The van der Waals surface area contributed by atoms with E-state index in [0.29, 0.717) is 0 Å². The summed E-state index contributed by atoms with van der Waals surface area (Å²) < 4.78 is 2.22. The minimum atomic E-state index is 0.771. The number of nitrogen functional groups attached to an aromatic ring is 1. The van der Waals surface area contributed by atoms with Crippen molar-refractivity contribution >= 4 is 27.4 Å². The molecule has 0 bridgehead atoms. The Morgan fingerprint density at radius 2 is 1.77 bits per heavy atom. The van der Waals surface area contributed by atoms with Crippen molar-refractivity contribution in [1.82, 2.24) is 4.98 Å². The van der Waals surface area contributed by atoms with Gasteiger partial charge in [-0.3, -0.25) is 4.98 Å². The highest BCUT2D eigenvalue weighted by atomic mass is 14.9. The maximum absolute atomic E-state index is 6.04. The molecule has 0 saturated heterocycles. The Labute approximate surface area is 128 Å². The van der Waals surface area contributed by atoms with E-state index in [0.717, 1.165) is 22.3 Å². The van der Waals surface area contributed by atoms with E-state index in [1.54, 1.807) is 6.20 Å². The Hall–Kier alpha value is -2.94. The van der Waals surface area contributed by atoms with E-state index in [-0.39, 0.29) is 0 Å². The van der Waals surface area contributed by atoms with E-state index in [4.69, 9.17) is 5.73 Å². The van der Waals surface area contributed by atoms with Crippen molar-refractivity contribution in [3.63, 3.8) is 0 Å². The summed E-state index contributed by atoms with van der Waals surface area (Å²) in [6, 6.07) is 18.6. The molecule has 2 aromatic carbocycles. The normalized spacial score (nSPS) is 11.1. The third kappa shape index (κ3) is 1.83. The maximum atomic E-state index is 6.04. The van der Waals surface area contributed by atoms with Gasteiger partial charge in [-0.2, -0.15) is 4.57 Å². The molecule has 4 rings (SSSR count). The minimum Gasteiger partial charge on any atom is -0.399 e. The van der Waals surface area contributed by atoms with E-state index in [2.05, 4.69) is 53.0 Å². The van der Waals surface area contributed by atoms with Crippen LogP contribution in [-0.4, -0.2) is 4.98 Å². The molecule has 0 spiro atoms. The summed E-state index contributed by atoms with van der Waals surface area (Å²) in [6.45, 7) is 0. The van der Waals surface area contributed by atoms with Gasteiger partial charge in [-0.15, -0.1) is 0 Å². The Kier molecular flexibility index (Phi) is 2.79. The third-order valence-electron chi connectivity index (χ3n) is 4.12. The zero-order valence-corrected chi connectivity index (χ0v) is 12.3. The molecule has 2 aromatic heterocycles. The molecule has 4 aromatic rings. The largest absolute Gasteiger partial charge is 0.399 e. The SMILES string of the molecule is C[n+]1c(-c2cccnc2)c2cc(N)ccc2c2ccccc21. The van der Waals surface area contributed by atoms with Gasteiger partial charge in [-0.1, -0.05) is 18.2 Å². The van der Waals surface area contributed by atoms with E-state index in [1.807, 2.05) is 24.4 Å². The van der Waals surface area contributed by atoms with Crippen LogP contribution in [0.4, 0.5) is 5.69 Å².